The summed E-state index contributed by atoms with van der Waals surface area (Å²) < 4.78 is 5.11. The molecule has 118 valence electrons. The fourth-order valence-electron chi connectivity index (χ4n) is 2.62. The highest BCUT2D eigenvalue weighted by Gasteiger charge is 2.39. The minimum absolute atomic E-state index is 0.0162. The molecular formula is C15H24N2O4. The lowest BCUT2D eigenvalue weighted by atomic mass is 9.83. The van der Waals surface area contributed by atoms with Gasteiger partial charge in [-0.3, -0.25) is 14.4 Å². The average Bonchev–Trinajstić information content (AvgIpc) is 2.39. The zero-order valence-corrected chi connectivity index (χ0v) is 12.6. The van der Waals surface area contributed by atoms with E-state index in [2.05, 4.69) is 5.32 Å². The third-order valence-corrected chi connectivity index (χ3v) is 4.19. The molecule has 6 heteroatoms. The Morgan fingerprint density at radius 1 is 1.38 bits per heavy atom. The van der Waals surface area contributed by atoms with E-state index in [9.17, 15) is 14.4 Å². The molecule has 2 aliphatic rings. The van der Waals surface area contributed by atoms with Gasteiger partial charge < -0.3 is 15.0 Å². The van der Waals surface area contributed by atoms with Gasteiger partial charge in [-0.1, -0.05) is 19.8 Å². The molecule has 0 bridgehead atoms. The van der Waals surface area contributed by atoms with E-state index in [1.807, 2.05) is 6.92 Å². The summed E-state index contributed by atoms with van der Waals surface area (Å²) in [5.41, 5.74) is 0. The van der Waals surface area contributed by atoms with Crippen LogP contribution in [0, 0.1) is 5.92 Å². The maximum Gasteiger partial charge on any atom is 0.308 e. The number of rotatable bonds is 6. The van der Waals surface area contributed by atoms with Crippen molar-refractivity contribution in [3.8, 4) is 0 Å². The molecule has 21 heavy (non-hydrogen) atoms. The summed E-state index contributed by atoms with van der Waals surface area (Å²) in [6.45, 7) is 3.33. The van der Waals surface area contributed by atoms with Crippen molar-refractivity contribution < 1.29 is 19.1 Å². The Labute approximate surface area is 125 Å². The highest BCUT2D eigenvalue weighted by Crippen LogP contribution is 2.29. The van der Waals surface area contributed by atoms with Crippen molar-refractivity contribution in [2.24, 2.45) is 5.92 Å². The van der Waals surface area contributed by atoms with Crippen molar-refractivity contribution >= 4 is 17.8 Å². The zero-order valence-electron chi connectivity index (χ0n) is 12.6. The van der Waals surface area contributed by atoms with E-state index in [1.54, 1.807) is 4.90 Å². The van der Waals surface area contributed by atoms with Gasteiger partial charge in [-0.05, 0) is 19.3 Å². The average molecular weight is 296 g/mol. The molecule has 1 saturated heterocycles. The van der Waals surface area contributed by atoms with Gasteiger partial charge in [0, 0.05) is 19.0 Å². The van der Waals surface area contributed by atoms with E-state index >= 15 is 0 Å². The number of nitrogens with one attached hydrogen (secondary N) is 1. The van der Waals surface area contributed by atoms with Gasteiger partial charge >= 0.3 is 5.97 Å². The molecule has 0 aromatic heterocycles. The number of esters is 1. The summed E-state index contributed by atoms with van der Waals surface area (Å²) in [5, 5.41) is 2.72. The highest BCUT2D eigenvalue weighted by atomic mass is 16.5. The zero-order chi connectivity index (χ0) is 15.2. The molecule has 1 unspecified atom stereocenters. The van der Waals surface area contributed by atoms with Crippen molar-refractivity contribution in [3.05, 3.63) is 0 Å². The first-order valence-electron chi connectivity index (χ1n) is 7.87. The Morgan fingerprint density at radius 3 is 2.76 bits per heavy atom. The fraction of sp³-hybridized carbons (Fsp3) is 0.800. The molecule has 1 aliphatic carbocycles. The van der Waals surface area contributed by atoms with Gasteiger partial charge in [0.15, 0.2) is 0 Å². The number of ether oxygens (including phenoxy) is 1. The van der Waals surface area contributed by atoms with Crippen molar-refractivity contribution in [1.29, 1.82) is 0 Å². The number of unbranched alkanes of at least 4 members (excludes halogenated alkanes) is 1. The van der Waals surface area contributed by atoms with Crippen LogP contribution in [-0.4, -0.2) is 48.4 Å². The molecule has 6 nitrogen and oxygen atoms in total. The van der Waals surface area contributed by atoms with Gasteiger partial charge in [0.25, 0.3) is 0 Å². The van der Waals surface area contributed by atoms with Crippen LogP contribution in [0.5, 0.6) is 0 Å². The Hall–Kier alpha value is -1.59. The quantitative estimate of drug-likeness (QED) is 0.582. The van der Waals surface area contributed by atoms with Gasteiger partial charge in [0.1, 0.15) is 6.04 Å². The predicted molar refractivity (Wildman–Crippen MR) is 76.3 cm³/mol. The Balaban J connectivity index is 1.93. The maximum atomic E-state index is 12.4. The molecule has 0 aromatic rings. The molecule has 2 amide bonds. The number of hydrogen-bond donors (Lipinski definition) is 1. The van der Waals surface area contributed by atoms with Gasteiger partial charge in [-0.15, -0.1) is 0 Å². The van der Waals surface area contributed by atoms with Gasteiger partial charge in [-0.25, -0.2) is 0 Å². The van der Waals surface area contributed by atoms with Crippen LogP contribution < -0.4 is 5.32 Å². The van der Waals surface area contributed by atoms with Crippen LogP contribution >= 0.6 is 0 Å². The standard InChI is InChI=1S/C15H24N2O4/c1-2-3-9-21-13(18)10-12-14(19)16-7-8-17(12)15(20)11-5-4-6-11/h11-12H,2-10H2,1H3,(H,16,19). The molecule has 2 fully saturated rings. The number of piperazine rings is 1. The van der Waals surface area contributed by atoms with Crippen LogP contribution in [0.4, 0.5) is 0 Å². The Morgan fingerprint density at radius 2 is 2.14 bits per heavy atom. The Kier molecular flexibility index (Phi) is 5.59. The summed E-state index contributed by atoms with van der Waals surface area (Å²) in [7, 11) is 0. The number of carbonyl (C=O) groups is 3. The van der Waals surface area contributed by atoms with E-state index < -0.39 is 12.0 Å². The summed E-state index contributed by atoms with van der Waals surface area (Å²) in [4.78, 5) is 37.7. The smallest absolute Gasteiger partial charge is 0.308 e. The summed E-state index contributed by atoms with van der Waals surface area (Å²) >= 11 is 0. The number of amides is 2. The monoisotopic (exact) mass is 296 g/mol. The lowest BCUT2D eigenvalue weighted by molar-refractivity contribution is -0.154. The van der Waals surface area contributed by atoms with Crippen LogP contribution in [0.15, 0.2) is 0 Å². The maximum absolute atomic E-state index is 12.4. The van der Waals surface area contributed by atoms with Gasteiger partial charge in [-0.2, -0.15) is 0 Å². The molecule has 1 atom stereocenters. The lowest BCUT2D eigenvalue weighted by Gasteiger charge is -2.38. The van der Waals surface area contributed by atoms with Crippen molar-refractivity contribution in [2.75, 3.05) is 19.7 Å². The topological polar surface area (TPSA) is 75.7 Å². The van der Waals surface area contributed by atoms with Crippen molar-refractivity contribution in [1.82, 2.24) is 10.2 Å². The van der Waals surface area contributed by atoms with E-state index in [0.29, 0.717) is 19.7 Å². The van der Waals surface area contributed by atoms with Crippen LogP contribution in [-0.2, 0) is 19.1 Å². The summed E-state index contributed by atoms with van der Waals surface area (Å²) in [6, 6.07) is -0.707. The van der Waals surface area contributed by atoms with Crippen LogP contribution in [0.25, 0.3) is 0 Å². The minimum Gasteiger partial charge on any atom is -0.466 e. The first-order valence-corrected chi connectivity index (χ1v) is 7.87. The second-order valence-electron chi connectivity index (χ2n) is 5.74. The summed E-state index contributed by atoms with van der Waals surface area (Å²) in [5.74, 6) is -0.602. The van der Waals surface area contributed by atoms with Crippen molar-refractivity contribution in [2.45, 2.75) is 51.5 Å². The van der Waals surface area contributed by atoms with E-state index in [1.165, 1.54) is 0 Å². The van der Waals surface area contributed by atoms with Gasteiger partial charge in [0.2, 0.25) is 11.8 Å². The van der Waals surface area contributed by atoms with Crippen LogP contribution in [0.2, 0.25) is 0 Å². The highest BCUT2D eigenvalue weighted by molar-refractivity contribution is 5.92. The van der Waals surface area contributed by atoms with Gasteiger partial charge in [0.05, 0.1) is 13.0 Å². The number of hydrogen-bond acceptors (Lipinski definition) is 4. The Bertz CT molecular complexity index is 406. The van der Waals surface area contributed by atoms with E-state index in [4.69, 9.17) is 4.74 Å². The minimum atomic E-state index is -0.707. The molecule has 1 saturated carbocycles. The fourth-order valence-corrected chi connectivity index (χ4v) is 2.62. The second kappa shape index (κ2) is 7.43. The normalized spacial score (nSPS) is 22.4. The SMILES string of the molecule is CCCCOC(=O)CC1C(=O)NCCN1C(=O)C1CCC1. The van der Waals surface area contributed by atoms with E-state index in [0.717, 1.165) is 32.1 Å². The van der Waals surface area contributed by atoms with Crippen molar-refractivity contribution in [3.63, 3.8) is 0 Å². The molecule has 0 radical (unpaired) electrons. The number of nitrogens with zero attached hydrogens (tertiary/aromatic N) is 1. The van der Waals surface area contributed by atoms with Crippen LogP contribution in [0.3, 0.4) is 0 Å². The second-order valence-corrected chi connectivity index (χ2v) is 5.74. The largest absolute Gasteiger partial charge is 0.466 e. The molecule has 1 heterocycles. The predicted octanol–water partition coefficient (Wildman–Crippen LogP) is 0.847. The molecule has 1 N–H and O–H groups in total. The van der Waals surface area contributed by atoms with E-state index in [-0.39, 0.29) is 24.2 Å². The van der Waals surface area contributed by atoms with Crippen LogP contribution in [0.1, 0.15) is 45.4 Å². The summed E-state index contributed by atoms with van der Waals surface area (Å²) in [6.07, 6.45) is 4.57. The molecule has 2 rings (SSSR count). The lowest BCUT2D eigenvalue weighted by Crippen LogP contribution is -2.59. The molecule has 0 aromatic carbocycles. The molecular weight excluding hydrogens is 272 g/mol. The number of carbonyl (C=O) groups excluding carboxylic acids is 3. The molecule has 1 aliphatic heterocycles. The first kappa shape index (κ1) is 15.8. The third kappa shape index (κ3) is 3.95. The third-order valence-electron chi connectivity index (χ3n) is 4.19. The molecule has 0 spiro atoms. The first-order chi connectivity index (χ1) is 10.1.